The van der Waals surface area contributed by atoms with Crippen molar-refractivity contribution >= 4 is 23.5 Å². The van der Waals surface area contributed by atoms with Crippen LogP contribution < -0.4 is 10.2 Å². The number of aromatic nitrogens is 1. The highest BCUT2D eigenvalue weighted by molar-refractivity contribution is 6.09. The van der Waals surface area contributed by atoms with Crippen LogP contribution in [0.3, 0.4) is 0 Å². The van der Waals surface area contributed by atoms with Crippen molar-refractivity contribution in [2.24, 2.45) is 5.92 Å². The van der Waals surface area contributed by atoms with Gasteiger partial charge in [-0.3, -0.25) is 19.5 Å². The first-order chi connectivity index (χ1) is 13.5. The first-order valence-electron chi connectivity index (χ1n) is 10.1. The Labute approximate surface area is 164 Å². The molecule has 4 amide bonds. The second-order valence-electron chi connectivity index (χ2n) is 8.01. The molecule has 150 valence electrons. The third-order valence-corrected chi connectivity index (χ3v) is 6.46. The number of anilines is 1. The molecule has 1 aliphatic carbocycles. The van der Waals surface area contributed by atoms with Gasteiger partial charge >= 0.3 is 6.03 Å². The Kier molecular flexibility index (Phi) is 4.95. The second-order valence-corrected chi connectivity index (χ2v) is 8.01. The van der Waals surface area contributed by atoms with E-state index in [4.69, 9.17) is 0 Å². The highest BCUT2D eigenvalue weighted by Crippen LogP contribution is 2.38. The number of hydrogen-bond donors (Lipinski definition) is 1. The van der Waals surface area contributed by atoms with Crippen molar-refractivity contribution in [3.05, 3.63) is 24.5 Å². The lowest BCUT2D eigenvalue weighted by atomic mass is 9.73. The molecule has 4 rings (SSSR count). The Morgan fingerprint density at radius 2 is 1.89 bits per heavy atom. The number of carbonyl (C=O) groups excluding carboxylic acids is 3. The minimum atomic E-state index is -0.810. The molecular formula is C20H27N5O3. The first-order valence-corrected chi connectivity index (χ1v) is 10.1. The van der Waals surface area contributed by atoms with Crippen LogP contribution in [-0.2, 0) is 9.59 Å². The largest absolute Gasteiger partial charge is 0.368 e. The van der Waals surface area contributed by atoms with Gasteiger partial charge in [-0.25, -0.2) is 4.79 Å². The molecule has 0 radical (unpaired) electrons. The van der Waals surface area contributed by atoms with E-state index in [-0.39, 0.29) is 24.3 Å². The number of nitrogens with one attached hydrogen (secondary N) is 1. The monoisotopic (exact) mass is 385 g/mol. The van der Waals surface area contributed by atoms with Crippen LogP contribution in [0.4, 0.5) is 10.5 Å². The van der Waals surface area contributed by atoms with E-state index in [1.807, 2.05) is 19.1 Å². The minimum absolute atomic E-state index is 0.0988. The first kappa shape index (κ1) is 18.7. The zero-order valence-corrected chi connectivity index (χ0v) is 16.3. The van der Waals surface area contributed by atoms with Crippen LogP contribution in [0.1, 0.15) is 32.6 Å². The van der Waals surface area contributed by atoms with Gasteiger partial charge in [-0.05, 0) is 30.9 Å². The molecule has 8 nitrogen and oxygen atoms in total. The lowest BCUT2D eigenvalue weighted by Crippen LogP contribution is -2.55. The van der Waals surface area contributed by atoms with E-state index in [2.05, 4.69) is 15.2 Å². The molecule has 0 unspecified atom stereocenters. The summed E-state index contributed by atoms with van der Waals surface area (Å²) in [7, 11) is 0. The highest BCUT2D eigenvalue weighted by atomic mass is 16.2. The molecule has 2 atom stereocenters. The van der Waals surface area contributed by atoms with E-state index in [0.29, 0.717) is 19.5 Å². The van der Waals surface area contributed by atoms with Gasteiger partial charge < -0.3 is 15.1 Å². The van der Waals surface area contributed by atoms with E-state index in [9.17, 15) is 14.4 Å². The van der Waals surface area contributed by atoms with Crippen molar-refractivity contribution in [2.45, 2.75) is 38.1 Å². The maximum atomic E-state index is 13.0. The van der Waals surface area contributed by atoms with Crippen LogP contribution in [0.15, 0.2) is 24.5 Å². The average molecular weight is 385 g/mol. The maximum absolute atomic E-state index is 13.0. The number of pyridine rings is 1. The van der Waals surface area contributed by atoms with Crippen LogP contribution in [0.25, 0.3) is 0 Å². The Morgan fingerprint density at radius 1 is 1.18 bits per heavy atom. The average Bonchev–Trinajstić information content (AvgIpc) is 2.96. The van der Waals surface area contributed by atoms with E-state index in [1.165, 1.54) is 0 Å². The quantitative estimate of drug-likeness (QED) is 0.791. The lowest BCUT2D eigenvalue weighted by Gasteiger charge is -2.37. The van der Waals surface area contributed by atoms with E-state index in [0.717, 1.165) is 42.9 Å². The van der Waals surface area contributed by atoms with Gasteiger partial charge in [-0.1, -0.05) is 19.8 Å². The van der Waals surface area contributed by atoms with Gasteiger partial charge in [0.25, 0.3) is 5.91 Å². The summed E-state index contributed by atoms with van der Waals surface area (Å²) in [4.78, 5) is 47.4. The predicted octanol–water partition coefficient (Wildman–Crippen LogP) is 1.23. The van der Waals surface area contributed by atoms with Crippen molar-refractivity contribution in [3.8, 4) is 0 Å². The van der Waals surface area contributed by atoms with Gasteiger partial charge in [0.05, 0.1) is 0 Å². The fraction of sp³-hybridized carbons (Fsp3) is 0.600. The molecular weight excluding hydrogens is 358 g/mol. The minimum Gasteiger partial charge on any atom is -0.368 e. The Morgan fingerprint density at radius 3 is 2.57 bits per heavy atom. The van der Waals surface area contributed by atoms with Crippen molar-refractivity contribution in [1.29, 1.82) is 0 Å². The topological polar surface area (TPSA) is 85.8 Å². The molecule has 8 heteroatoms. The second kappa shape index (κ2) is 7.41. The Balaban J connectivity index is 1.36. The summed E-state index contributed by atoms with van der Waals surface area (Å²) >= 11 is 0. The fourth-order valence-corrected chi connectivity index (χ4v) is 4.64. The number of rotatable bonds is 3. The van der Waals surface area contributed by atoms with Crippen LogP contribution in [0.5, 0.6) is 0 Å². The normalized spacial score (nSPS) is 28.0. The zero-order valence-electron chi connectivity index (χ0n) is 16.3. The van der Waals surface area contributed by atoms with Gasteiger partial charge in [0.2, 0.25) is 5.91 Å². The number of imide groups is 1. The van der Waals surface area contributed by atoms with E-state index >= 15 is 0 Å². The van der Waals surface area contributed by atoms with Crippen LogP contribution in [0, 0.1) is 5.92 Å². The summed E-state index contributed by atoms with van der Waals surface area (Å²) in [6.07, 6.45) is 7.10. The summed E-state index contributed by atoms with van der Waals surface area (Å²) in [6.45, 7) is 4.43. The molecule has 3 aliphatic rings. The third kappa shape index (κ3) is 3.21. The highest BCUT2D eigenvalue weighted by Gasteiger charge is 2.55. The Bertz CT molecular complexity index is 762. The maximum Gasteiger partial charge on any atom is 0.325 e. The SMILES string of the molecule is C[C@@H]1CCCC[C@@]12NC(=O)N(CC(=O)N1CCN(c3ccncc3)CC1)C2=O. The van der Waals surface area contributed by atoms with Crippen molar-refractivity contribution in [1.82, 2.24) is 20.1 Å². The lowest BCUT2D eigenvalue weighted by molar-refractivity contribution is -0.140. The molecule has 1 aromatic rings. The van der Waals surface area contributed by atoms with Gasteiger partial charge in [0.15, 0.2) is 0 Å². The number of hydrogen-bond acceptors (Lipinski definition) is 5. The summed E-state index contributed by atoms with van der Waals surface area (Å²) in [5.41, 5.74) is 0.278. The van der Waals surface area contributed by atoms with Crippen LogP contribution in [0.2, 0.25) is 0 Å². The molecule has 28 heavy (non-hydrogen) atoms. The number of urea groups is 1. The number of amides is 4. The van der Waals surface area contributed by atoms with Gasteiger partial charge in [-0.2, -0.15) is 0 Å². The van der Waals surface area contributed by atoms with Crippen molar-refractivity contribution < 1.29 is 14.4 Å². The molecule has 1 saturated carbocycles. The van der Waals surface area contributed by atoms with Crippen molar-refractivity contribution in [2.75, 3.05) is 37.6 Å². The van der Waals surface area contributed by atoms with Crippen LogP contribution >= 0.6 is 0 Å². The number of piperazine rings is 1. The molecule has 0 aromatic carbocycles. The summed E-state index contributed by atoms with van der Waals surface area (Å²) < 4.78 is 0. The summed E-state index contributed by atoms with van der Waals surface area (Å²) in [5.74, 6) is -0.298. The van der Waals surface area contributed by atoms with Gasteiger partial charge in [-0.15, -0.1) is 0 Å². The van der Waals surface area contributed by atoms with Gasteiger partial charge in [0, 0.05) is 44.3 Å². The van der Waals surface area contributed by atoms with Crippen molar-refractivity contribution in [3.63, 3.8) is 0 Å². The molecule has 1 spiro atoms. The van der Waals surface area contributed by atoms with Crippen LogP contribution in [-0.4, -0.2) is 70.9 Å². The summed E-state index contributed by atoms with van der Waals surface area (Å²) in [5, 5.41) is 2.91. The number of nitrogens with zero attached hydrogens (tertiary/aromatic N) is 4. The standard InChI is InChI=1S/C20H27N5O3/c1-15-4-2-3-7-20(15)18(27)25(19(28)22-20)14-17(26)24-12-10-23(11-13-24)16-5-8-21-9-6-16/h5-6,8-9,15H,2-4,7,10-14H2,1H3,(H,22,28)/t15-,20-/m1/s1. The Hall–Kier alpha value is -2.64. The predicted molar refractivity (Wildman–Crippen MR) is 104 cm³/mol. The molecule has 2 aliphatic heterocycles. The third-order valence-electron chi connectivity index (χ3n) is 6.46. The fourth-order valence-electron chi connectivity index (χ4n) is 4.64. The molecule has 1 aromatic heterocycles. The van der Waals surface area contributed by atoms with E-state index in [1.54, 1.807) is 17.3 Å². The van der Waals surface area contributed by atoms with Gasteiger partial charge in [0.1, 0.15) is 12.1 Å². The molecule has 3 heterocycles. The molecule has 0 bridgehead atoms. The number of carbonyl (C=O) groups is 3. The van der Waals surface area contributed by atoms with E-state index < -0.39 is 11.6 Å². The summed E-state index contributed by atoms with van der Waals surface area (Å²) in [6, 6.07) is 3.48. The molecule has 2 saturated heterocycles. The zero-order chi connectivity index (χ0) is 19.7. The smallest absolute Gasteiger partial charge is 0.325 e. The molecule has 3 fully saturated rings. The molecule has 1 N–H and O–H groups in total.